The summed E-state index contributed by atoms with van der Waals surface area (Å²) in [5.41, 5.74) is 1.13. The first-order valence-electron chi connectivity index (χ1n) is 5.94. The van der Waals surface area contributed by atoms with Crippen LogP contribution in [-0.2, 0) is 6.42 Å². The van der Waals surface area contributed by atoms with E-state index in [1.54, 1.807) is 0 Å². The van der Waals surface area contributed by atoms with Gasteiger partial charge in [-0.15, -0.1) is 0 Å². The van der Waals surface area contributed by atoms with E-state index in [0.29, 0.717) is 11.1 Å². The van der Waals surface area contributed by atoms with Crippen molar-refractivity contribution in [3.63, 3.8) is 0 Å². The maximum absolute atomic E-state index is 6.17. The van der Waals surface area contributed by atoms with E-state index in [1.165, 1.54) is 25.7 Å². The van der Waals surface area contributed by atoms with Gasteiger partial charge in [-0.25, -0.2) is 9.97 Å². The van der Waals surface area contributed by atoms with Crippen molar-refractivity contribution in [1.29, 1.82) is 0 Å². The van der Waals surface area contributed by atoms with E-state index in [9.17, 15) is 0 Å². The summed E-state index contributed by atoms with van der Waals surface area (Å²) in [5, 5.41) is 0.640. The third-order valence-electron chi connectivity index (χ3n) is 3.10. The molecule has 1 aromatic rings. The van der Waals surface area contributed by atoms with E-state index in [4.69, 9.17) is 16.6 Å². The van der Waals surface area contributed by atoms with Gasteiger partial charge in [-0.3, -0.25) is 0 Å². The highest BCUT2D eigenvalue weighted by Gasteiger charge is 2.21. The van der Waals surface area contributed by atoms with Gasteiger partial charge >= 0.3 is 0 Å². The maximum atomic E-state index is 6.17. The second-order valence-electron chi connectivity index (χ2n) is 4.36. The summed E-state index contributed by atoms with van der Waals surface area (Å²) in [6.45, 7) is 2.17. The average molecular weight is 351 g/mol. The summed E-state index contributed by atoms with van der Waals surface area (Å²) in [6, 6.07) is 0. The molecule has 0 amide bonds. The van der Waals surface area contributed by atoms with Crippen molar-refractivity contribution in [3.8, 4) is 0 Å². The fraction of sp³-hybridized carbons (Fsp3) is 0.667. The van der Waals surface area contributed by atoms with Crippen molar-refractivity contribution >= 4 is 34.2 Å². The minimum atomic E-state index is 0.546. The van der Waals surface area contributed by atoms with E-state index in [-0.39, 0.29) is 0 Å². The Bertz CT molecular complexity index is 376. The quantitative estimate of drug-likeness (QED) is 0.598. The second kappa shape index (κ2) is 5.63. The Balaban J connectivity index is 2.31. The van der Waals surface area contributed by atoms with Crippen LogP contribution in [0.3, 0.4) is 0 Å². The number of halogens is 2. The lowest BCUT2D eigenvalue weighted by atomic mass is 10.1. The molecule has 0 bridgehead atoms. The Kier molecular flexibility index (Phi) is 4.41. The second-order valence-corrected chi connectivity index (χ2v) is 5.80. The molecule has 1 aromatic heterocycles. The van der Waals surface area contributed by atoms with Crippen molar-refractivity contribution in [2.75, 3.05) is 0 Å². The molecule has 0 saturated heterocycles. The number of nitrogens with zero attached hydrogens (tertiary/aromatic N) is 2. The molecule has 0 spiro atoms. The van der Waals surface area contributed by atoms with E-state index in [2.05, 4.69) is 34.5 Å². The molecule has 0 N–H and O–H groups in total. The smallest absolute Gasteiger partial charge is 0.146 e. The molecule has 4 heteroatoms. The standard InChI is InChI=1S/C12H16ClIN2/c1-2-5-9-10(14)11(13)16-12(15-9)8-6-3-4-7-8/h8H,2-7H2,1H3. The Morgan fingerprint density at radius 3 is 2.62 bits per heavy atom. The zero-order valence-corrected chi connectivity index (χ0v) is 12.4. The van der Waals surface area contributed by atoms with Crippen LogP contribution in [0, 0.1) is 3.57 Å². The molecule has 0 radical (unpaired) electrons. The van der Waals surface area contributed by atoms with Crippen molar-refractivity contribution in [2.45, 2.75) is 51.4 Å². The third kappa shape index (κ3) is 2.67. The van der Waals surface area contributed by atoms with Gasteiger partial charge in [-0.2, -0.15) is 0 Å². The lowest BCUT2D eigenvalue weighted by Gasteiger charge is -2.11. The van der Waals surface area contributed by atoms with Gasteiger partial charge in [0.15, 0.2) is 0 Å². The zero-order valence-electron chi connectivity index (χ0n) is 9.47. The highest BCUT2D eigenvalue weighted by Crippen LogP contribution is 2.33. The molecule has 0 atom stereocenters. The van der Waals surface area contributed by atoms with Crippen LogP contribution in [-0.4, -0.2) is 9.97 Å². The fourth-order valence-electron chi connectivity index (χ4n) is 2.25. The topological polar surface area (TPSA) is 25.8 Å². The van der Waals surface area contributed by atoms with E-state index in [1.807, 2.05) is 0 Å². The Hall–Kier alpha value is 0.100. The summed E-state index contributed by atoms with van der Waals surface area (Å²) in [4.78, 5) is 9.15. The summed E-state index contributed by atoms with van der Waals surface area (Å²) in [6.07, 6.45) is 7.17. The van der Waals surface area contributed by atoms with Crippen LogP contribution >= 0.6 is 34.2 Å². The number of hydrogen-bond acceptors (Lipinski definition) is 2. The molecule has 1 fully saturated rings. The van der Waals surface area contributed by atoms with Gasteiger partial charge in [-0.1, -0.05) is 37.8 Å². The molecule has 0 unspecified atom stereocenters. The molecule has 1 aliphatic carbocycles. The van der Waals surface area contributed by atoms with Crippen molar-refractivity contribution in [3.05, 3.63) is 20.2 Å². The third-order valence-corrected chi connectivity index (χ3v) is 4.83. The molecule has 0 aliphatic heterocycles. The van der Waals surface area contributed by atoms with E-state index in [0.717, 1.165) is 27.9 Å². The number of aromatic nitrogens is 2. The molecule has 1 saturated carbocycles. The largest absolute Gasteiger partial charge is 0.236 e. The fourth-order valence-corrected chi connectivity index (χ4v) is 2.96. The molecule has 1 heterocycles. The molecule has 16 heavy (non-hydrogen) atoms. The number of hydrogen-bond donors (Lipinski definition) is 0. The maximum Gasteiger partial charge on any atom is 0.146 e. The van der Waals surface area contributed by atoms with Crippen LogP contribution in [0.25, 0.3) is 0 Å². The van der Waals surface area contributed by atoms with E-state index < -0.39 is 0 Å². The SMILES string of the molecule is CCCc1nc(C2CCCC2)nc(Cl)c1I. The van der Waals surface area contributed by atoms with Gasteiger partial charge in [0.05, 0.1) is 9.26 Å². The van der Waals surface area contributed by atoms with Crippen LogP contribution in [0.15, 0.2) is 0 Å². The monoisotopic (exact) mass is 350 g/mol. The van der Waals surface area contributed by atoms with Crippen LogP contribution in [0.5, 0.6) is 0 Å². The van der Waals surface area contributed by atoms with Gasteiger partial charge in [-0.05, 0) is 41.9 Å². The molecule has 1 aliphatic rings. The summed E-state index contributed by atoms with van der Waals surface area (Å²) in [7, 11) is 0. The Morgan fingerprint density at radius 2 is 2.00 bits per heavy atom. The van der Waals surface area contributed by atoms with Crippen LogP contribution in [0.4, 0.5) is 0 Å². The van der Waals surface area contributed by atoms with Gasteiger partial charge in [0.25, 0.3) is 0 Å². The normalized spacial score (nSPS) is 16.9. The molecule has 88 valence electrons. The Labute approximate surface area is 115 Å². The van der Waals surface area contributed by atoms with Gasteiger partial charge in [0, 0.05) is 5.92 Å². The summed E-state index contributed by atoms with van der Waals surface area (Å²) >= 11 is 8.43. The van der Waals surface area contributed by atoms with Crippen LogP contribution < -0.4 is 0 Å². The number of rotatable bonds is 3. The average Bonchev–Trinajstić information content (AvgIpc) is 2.78. The minimum Gasteiger partial charge on any atom is -0.236 e. The molecule has 2 rings (SSSR count). The van der Waals surface area contributed by atoms with E-state index >= 15 is 0 Å². The predicted octanol–water partition coefficient (Wildman–Crippen LogP) is 4.34. The first-order chi connectivity index (χ1) is 7.72. The molecular weight excluding hydrogens is 335 g/mol. The zero-order chi connectivity index (χ0) is 11.5. The van der Waals surface area contributed by atoms with Gasteiger partial charge in [0.2, 0.25) is 0 Å². The number of aryl methyl sites for hydroxylation is 1. The first-order valence-corrected chi connectivity index (χ1v) is 7.39. The highest BCUT2D eigenvalue weighted by atomic mass is 127. The molecular formula is C12H16ClIN2. The predicted molar refractivity (Wildman–Crippen MR) is 75.0 cm³/mol. The van der Waals surface area contributed by atoms with Crippen molar-refractivity contribution in [2.24, 2.45) is 0 Å². The van der Waals surface area contributed by atoms with Crippen LogP contribution in [0.1, 0.15) is 56.5 Å². The highest BCUT2D eigenvalue weighted by molar-refractivity contribution is 14.1. The Morgan fingerprint density at radius 1 is 1.31 bits per heavy atom. The summed E-state index contributed by atoms with van der Waals surface area (Å²) < 4.78 is 1.03. The summed E-state index contributed by atoms with van der Waals surface area (Å²) in [5.74, 6) is 1.52. The molecule has 0 aromatic carbocycles. The molecule has 2 nitrogen and oxygen atoms in total. The first kappa shape index (κ1) is 12.6. The lowest BCUT2D eigenvalue weighted by molar-refractivity contribution is 0.656. The van der Waals surface area contributed by atoms with Gasteiger partial charge < -0.3 is 0 Å². The van der Waals surface area contributed by atoms with Crippen molar-refractivity contribution < 1.29 is 0 Å². The minimum absolute atomic E-state index is 0.546. The van der Waals surface area contributed by atoms with Crippen LogP contribution in [0.2, 0.25) is 5.15 Å². The van der Waals surface area contributed by atoms with Crippen molar-refractivity contribution in [1.82, 2.24) is 9.97 Å². The lowest BCUT2D eigenvalue weighted by Crippen LogP contribution is -2.06. The van der Waals surface area contributed by atoms with Gasteiger partial charge in [0.1, 0.15) is 11.0 Å².